The highest BCUT2D eigenvalue weighted by Gasteiger charge is 2.21. The summed E-state index contributed by atoms with van der Waals surface area (Å²) in [5.41, 5.74) is 8.89. The summed E-state index contributed by atoms with van der Waals surface area (Å²) in [6.45, 7) is -2.40. The highest BCUT2D eigenvalue weighted by molar-refractivity contribution is 6.23. The number of para-hydroxylation sites is 3. The molecule has 0 aliphatic heterocycles. The molecule has 2 nitrogen and oxygen atoms in total. The molecule has 0 saturated heterocycles. The predicted octanol–water partition coefficient (Wildman–Crippen LogP) is 10.6. The summed E-state index contributed by atoms with van der Waals surface area (Å²) in [6.07, 6.45) is 0. The Morgan fingerprint density at radius 2 is 0.976 bits per heavy atom. The molecule has 1 heterocycles. The van der Waals surface area contributed by atoms with Gasteiger partial charge in [0.25, 0.3) is 0 Å². The molecule has 1 aromatic heterocycles. The molecule has 0 unspecified atom stereocenters. The quantitative estimate of drug-likeness (QED) is 0.203. The molecule has 0 spiro atoms. The van der Waals surface area contributed by atoms with Gasteiger partial charge in [-0.2, -0.15) is 0 Å². The van der Waals surface area contributed by atoms with Crippen molar-refractivity contribution in [3.05, 3.63) is 157 Å². The van der Waals surface area contributed by atoms with Gasteiger partial charge in [-0.1, -0.05) is 133 Å². The number of fused-ring (bicyclic) bond motifs is 3. The SMILES string of the molecule is [2H]C([2H])([2H])c1nc2ccccc2n1-c1ccccc1-c1c2ccccc2c(-c2ccccc2-c2ccccc2)c2ccccc12. The first-order valence-electron chi connectivity index (χ1n) is 15.7. The van der Waals surface area contributed by atoms with Gasteiger partial charge in [-0.3, -0.25) is 4.57 Å². The number of rotatable bonds is 4. The van der Waals surface area contributed by atoms with Gasteiger partial charge in [0.05, 0.1) is 16.7 Å². The highest BCUT2D eigenvalue weighted by atomic mass is 15.1. The Balaban J connectivity index is 1.49. The van der Waals surface area contributed by atoms with Gasteiger partial charge in [0.15, 0.2) is 0 Å². The molecule has 42 heavy (non-hydrogen) atoms. The molecule has 0 aliphatic carbocycles. The van der Waals surface area contributed by atoms with E-state index < -0.39 is 6.85 Å². The fraction of sp³-hybridized carbons (Fsp3) is 0.0250. The van der Waals surface area contributed by atoms with Crippen LogP contribution in [0.4, 0.5) is 0 Å². The fourth-order valence-corrected chi connectivity index (χ4v) is 6.43. The van der Waals surface area contributed by atoms with Gasteiger partial charge in [-0.25, -0.2) is 4.98 Å². The van der Waals surface area contributed by atoms with E-state index in [0.717, 1.165) is 43.9 Å². The molecule has 2 heteroatoms. The molecule has 0 amide bonds. The molecule has 0 aliphatic rings. The van der Waals surface area contributed by atoms with Crippen LogP contribution in [0.3, 0.4) is 0 Å². The van der Waals surface area contributed by atoms with Crippen molar-refractivity contribution in [3.8, 4) is 39.1 Å². The smallest absolute Gasteiger partial charge is 0.111 e. The molecule has 7 aromatic carbocycles. The third kappa shape index (κ3) is 3.77. The van der Waals surface area contributed by atoms with Gasteiger partial charge in [0.1, 0.15) is 5.82 Å². The maximum absolute atomic E-state index is 8.40. The zero-order valence-corrected chi connectivity index (χ0v) is 22.8. The molecule has 0 radical (unpaired) electrons. The summed E-state index contributed by atoms with van der Waals surface area (Å²) in [5.74, 6) is 0.0539. The van der Waals surface area contributed by atoms with Gasteiger partial charge >= 0.3 is 0 Å². The van der Waals surface area contributed by atoms with Crippen molar-refractivity contribution in [1.29, 1.82) is 0 Å². The molecule has 8 rings (SSSR count). The molecule has 8 aromatic rings. The van der Waals surface area contributed by atoms with Crippen LogP contribution in [0.2, 0.25) is 0 Å². The van der Waals surface area contributed by atoms with Crippen LogP contribution < -0.4 is 0 Å². The van der Waals surface area contributed by atoms with E-state index in [2.05, 4.69) is 108 Å². The number of nitrogens with zero attached hydrogens (tertiary/aromatic N) is 2. The normalized spacial score (nSPS) is 12.8. The molecule has 0 fully saturated rings. The molecule has 198 valence electrons. The third-order valence-corrected chi connectivity index (χ3v) is 8.19. The highest BCUT2D eigenvalue weighted by Crippen LogP contribution is 2.47. The van der Waals surface area contributed by atoms with E-state index in [9.17, 15) is 0 Å². The summed E-state index contributed by atoms with van der Waals surface area (Å²) < 4.78 is 27.0. The molecule has 0 atom stereocenters. The lowest BCUT2D eigenvalue weighted by Gasteiger charge is -2.21. The first-order chi connectivity index (χ1) is 22.0. The predicted molar refractivity (Wildman–Crippen MR) is 177 cm³/mol. The van der Waals surface area contributed by atoms with Gasteiger partial charge in [0.2, 0.25) is 0 Å². The molecule has 0 saturated carbocycles. The van der Waals surface area contributed by atoms with Crippen LogP contribution >= 0.6 is 0 Å². The maximum Gasteiger partial charge on any atom is 0.111 e. The average Bonchev–Trinajstić information content (AvgIpc) is 3.48. The van der Waals surface area contributed by atoms with Crippen molar-refractivity contribution in [2.24, 2.45) is 0 Å². The Morgan fingerprint density at radius 3 is 1.64 bits per heavy atom. The van der Waals surface area contributed by atoms with E-state index in [1.165, 1.54) is 22.3 Å². The summed E-state index contributed by atoms with van der Waals surface area (Å²) in [6, 6.07) is 51.9. The average molecular weight is 540 g/mol. The Labute approximate surface area is 249 Å². The monoisotopic (exact) mass is 539 g/mol. The van der Waals surface area contributed by atoms with E-state index in [4.69, 9.17) is 4.11 Å². The molecule has 0 bridgehead atoms. The van der Waals surface area contributed by atoms with E-state index in [1.54, 1.807) is 0 Å². The van der Waals surface area contributed by atoms with E-state index in [1.807, 2.05) is 53.1 Å². The number of aromatic nitrogens is 2. The van der Waals surface area contributed by atoms with Crippen molar-refractivity contribution in [2.75, 3.05) is 0 Å². The summed E-state index contributed by atoms with van der Waals surface area (Å²) in [5, 5.41) is 4.47. The zero-order chi connectivity index (χ0) is 30.5. The van der Waals surface area contributed by atoms with Crippen molar-refractivity contribution in [2.45, 2.75) is 6.85 Å². The van der Waals surface area contributed by atoms with E-state index in [0.29, 0.717) is 5.52 Å². The summed E-state index contributed by atoms with van der Waals surface area (Å²) in [4.78, 5) is 4.61. The van der Waals surface area contributed by atoms with Crippen molar-refractivity contribution in [3.63, 3.8) is 0 Å². The first-order valence-corrected chi connectivity index (χ1v) is 14.2. The van der Waals surface area contributed by atoms with Crippen molar-refractivity contribution >= 4 is 32.6 Å². The van der Waals surface area contributed by atoms with Crippen molar-refractivity contribution < 1.29 is 4.11 Å². The summed E-state index contributed by atoms with van der Waals surface area (Å²) >= 11 is 0. The Morgan fingerprint density at radius 1 is 0.476 bits per heavy atom. The number of imidazole rings is 1. The van der Waals surface area contributed by atoms with Crippen LogP contribution in [-0.2, 0) is 0 Å². The topological polar surface area (TPSA) is 17.8 Å². The van der Waals surface area contributed by atoms with Gasteiger partial charge in [-0.15, -0.1) is 0 Å². The second kappa shape index (κ2) is 9.87. The largest absolute Gasteiger partial charge is 0.296 e. The summed E-state index contributed by atoms with van der Waals surface area (Å²) in [7, 11) is 0. The minimum absolute atomic E-state index is 0.0539. The van der Waals surface area contributed by atoms with Crippen LogP contribution in [-0.4, -0.2) is 9.55 Å². The Kier molecular flexibility index (Phi) is 5.00. The Bertz CT molecular complexity index is 2310. The zero-order valence-electron chi connectivity index (χ0n) is 25.8. The lowest BCUT2D eigenvalue weighted by atomic mass is 9.83. The minimum Gasteiger partial charge on any atom is -0.296 e. The van der Waals surface area contributed by atoms with Crippen LogP contribution in [0.15, 0.2) is 152 Å². The van der Waals surface area contributed by atoms with E-state index >= 15 is 0 Å². The number of aryl methyl sites for hydroxylation is 1. The van der Waals surface area contributed by atoms with Gasteiger partial charge in [-0.05, 0) is 74.4 Å². The second-order valence-corrected chi connectivity index (χ2v) is 10.5. The first kappa shape index (κ1) is 21.3. The number of benzene rings is 7. The lowest BCUT2D eigenvalue weighted by molar-refractivity contribution is 1.00. The van der Waals surface area contributed by atoms with Crippen LogP contribution in [0.25, 0.3) is 71.6 Å². The van der Waals surface area contributed by atoms with Gasteiger partial charge < -0.3 is 0 Å². The lowest BCUT2D eigenvalue weighted by Crippen LogP contribution is -2.00. The van der Waals surface area contributed by atoms with Crippen LogP contribution in [0.1, 0.15) is 9.94 Å². The van der Waals surface area contributed by atoms with E-state index in [-0.39, 0.29) is 5.82 Å². The maximum atomic E-state index is 8.40. The third-order valence-electron chi connectivity index (χ3n) is 8.19. The number of hydrogen-bond acceptors (Lipinski definition) is 1. The molecule has 0 N–H and O–H groups in total. The van der Waals surface area contributed by atoms with Gasteiger partial charge in [0, 0.05) is 9.68 Å². The Hall–Kier alpha value is -5.47. The standard InChI is InChI=1S/C40H28N2/c1-27-41-36-24-12-14-26-38(36)42(27)37-25-13-11-23-35(37)40-33-21-9-7-19-31(33)39(32-20-8-10-22-34(32)40)30-18-6-5-17-29(30)28-15-3-2-4-16-28/h2-26H,1H3/i1D3. The second-order valence-electron chi connectivity index (χ2n) is 10.5. The number of hydrogen-bond donors (Lipinski definition) is 0. The van der Waals surface area contributed by atoms with Crippen molar-refractivity contribution in [1.82, 2.24) is 9.55 Å². The molecular formula is C40H28N2. The fourth-order valence-electron chi connectivity index (χ4n) is 6.43. The van der Waals surface area contributed by atoms with Crippen LogP contribution in [0.5, 0.6) is 0 Å². The van der Waals surface area contributed by atoms with Crippen LogP contribution in [0, 0.1) is 6.85 Å². The minimum atomic E-state index is -2.40. The molecular weight excluding hydrogens is 508 g/mol.